The van der Waals surface area contributed by atoms with Gasteiger partial charge in [-0.3, -0.25) is 9.69 Å². The van der Waals surface area contributed by atoms with E-state index in [1.54, 1.807) is 6.07 Å². The number of nitrogens with one attached hydrogen (secondary N) is 2. The number of amides is 2. The van der Waals surface area contributed by atoms with Gasteiger partial charge in [0.1, 0.15) is 5.75 Å². The Morgan fingerprint density at radius 3 is 2.57 bits per heavy atom. The van der Waals surface area contributed by atoms with Crippen LogP contribution >= 0.6 is 0 Å². The number of hydrogen-bond acceptors (Lipinski definition) is 4. The van der Waals surface area contributed by atoms with Gasteiger partial charge in [-0.1, -0.05) is 12.1 Å². The van der Waals surface area contributed by atoms with Crippen LogP contribution in [0.4, 0.5) is 18.0 Å². The maximum Gasteiger partial charge on any atom is 0.573 e. The molecular weight excluding hydrogens is 379 g/mol. The molecule has 1 aliphatic heterocycles. The van der Waals surface area contributed by atoms with Crippen LogP contribution in [0.1, 0.15) is 24.8 Å². The van der Waals surface area contributed by atoms with Crippen molar-refractivity contribution in [3.8, 4) is 5.75 Å². The van der Waals surface area contributed by atoms with Crippen LogP contribution in [-0.2, 0) is 11.3 Å². The molecule has 0 saturated carbocycles. The van der Waals surface area contributed by atoms with Gasteiger partial charge in [-0.05, 0) is 49.5 Å². The van der Waals surface area contributed by atoms with E-state index in [0.717, 1.165) is 0 Å². The maximum absolute atomic E-state index is 12.3. The highest BCUT2D eigenvalue weighted by Gasteiger charge is 2.31. The second-order valence-electron chi connectivity index (χ2n) is 6.74. The van der Waals surface area contributed by atoms with E-state index in [1.807, 2.05) is 0 Å². The molecule has 1 unspecified atom stereocenters. The van der Waals surface area contributed by atoms with Crippen molar-refractivity contribution in [3.63, 3.8) is 0 Å². The largest absolute Gasteiger partial charge is 0.573 e. The van der Waals surface area contributed by atoms with Gasteiger partial charge < -0.3 is 20.5 Å². The van der Waals surface area contributed by atoms with Crippen LogP contribution in [-0.4, -0.2) is 54.5 Å². The summed E-state index contributed by atoms with van der Waals surface area (Å²) < 4.78 is 41.0. The van der Waals surface area contributed by atoms with Gasteiger partial charge in [0.25, 0.3) is 0 Å². The van der Waals surface area contributed by atoms with Gasteiger partial charge >= 0.3 is 12.5 Å². The third kappa shape index (κ3) is 7.26. The molecule has 1 aliphatic rings. The quantitative estimate of drug-likeness (QED) is 0.651. The first-order valence-corrected chi connectivity index (χ1v) is 8.93. The fourth-order valence-electron chi connectivity index (χ4n) is 3.41. The van der Waals surface area contributed by atoms with E-state index in [4.69, 9.17) is 5.11 Å². The van der Waals surface area contributed by atoms with E-state index >= 15 is 0 Å². The first-order chi connectivity index (χ1) is 13.2. The summed E-state index contributed by atoms with van der Waals surface area (Å²) in [6.45, 7) is 1.77. The Labute approximate surface area is 160 Å². The SMILES string of the molecule is CNC(=O)CC(NC(=O)O)C1CCN(Cc2cccc(OC(F)(F)F)c2)CC1. The topological polar surface area (TPSA) is 90.9 Å². The monoisotopic (exact) mass is 403 g/mol. The Hall–Kier alpha value is -2.49. The van der Waals surface area contributed by atoms with Gasteiger partial charge in [0.2, 0.25) is 5.91 Å². The smallest absolute Gasteiger partial charge is 0.465 e. The van der Waals surface area contributed by atoms with E-state index in [1.165, 1.54) is 25.2 Å². The van der Waals surface area contributed by atoms with Crippen molar-refractivity contribution in [2.24, 2.45) is 5.92 Å². The zero-order valence-corrected chi connectivity index (χ0v) is 15.5. The van der Waals surface area contributed by atoms with Crippen LogP contribution in [0.2, 0.25) is 0 Å². The average molecular weight is 403 g/mol. The predicted molar refractivity (Wildman–Crippen MR) is 94.8 cm³/mol. The number of hydrogen-bond donors (Lipinski definition) is 3. The van der Waals surface area contributed by atoms with Crippen LogP contribution in [0.3, 0.4) is 0 Å². The molecule has 1 saturated heterocycles. The molecule has 0 aromatic heterocycles. The number of nitrogens with zero attached hydrogens (tertiary/aromatic N) is 1. The normalized spacial score (nSPS) is 17.0. The molecule has 1 heterocycles. The number of benzene rings is 1. The minimum Gasteiger partial charge on any atom is -0.465 e. The molecule has 1 atom stereocenters. The summed E-state index contributed by atoms with van der Waals surface area (Å²) in [5.41, 5.74) is 0.700. The molecule has 28 heavy (non-hydrogen) atoms. The van der Waals surface area contributed by atoms with Gasteiger partial charge in [0.15, 0.2) is 0 Å². The molecule has 1 aromatic rings. The minimum absolute atomic E-state index is 0.0181. The average Bonchev–Trinajstić information content (AvgIpc) is 2.60. The first-order valence-electron chi connectivity index (χ1n) is 8.93. The third-order valence-electron chi connectivity index (χ3n) is 4.73. The highest BCUT2D eigenvalue weighted by molar-refractivity contribution is 5.77. The lowest BCUT2D eigenvalue weighted by Crippen LogP contribution is -2.46. The highest BCUT2D eigenvalue weighted by atomic mass is 19.4. The van der Waals surface area contributed by atoms with Gasteiger partial charge in [-0.15, -0.1) is 13.2 Å². The second-order valence-corrected chi connectivity index (χ2v) is 6.74. The number of rotatable bonds is 7. The minimum atomic E-state index is -4.73. The first kappa shape index (κ1) is 21.8. The number of ether oxygens (including phenoxy) is 1. The summed E-state index contributed by atoms with van der Waals surface area (Å²) in [5.74, 6) is -0.469. The van der Waals surface area contributed by atoms with Crippen molar-refractivity contribution in [3.05, 3.63) is 29.8 Å². The summed E-state index contributed by atoms with van der Waals surface area (Å²) in [4.78, 5) is 24.7. The third-order valence-corrected chi connectivity index (χ3v) is 4.73. The van der Waals surface area contributed by atoms with Crippen LogP contribution in [0, 0.1) is 5.92 Å². The van der Waals surface area contributed by atoms with E-state index in [9.17, 15) is 22.8 Å². The summed E-state index contributed by atoms with van der Waals surface area (Å²) >= 11 is 0. The molecule has 1 aromatic carbocycles. The number of carbonyl (C=O) groups is 2. The molecule has 156 valence electrons. The summed E-state index contributed by atoms with van der Waals surface area (Å²) in [5, 5.41) is 13.9. The molecule has 1 fully saturated rings. The Kier molecular flexibility index (Phi) is 7.50. The van der Waals surface area contributed by atoms with Gasteiger partial charge in [0.05, 0.1) is 0 Å². The zero-order valence-electron chi connectivity index (χ0n) is 15.5. The lowest BCUT2D eigenvalue weighted by Gasteiger charge is -2.35. The molecular formula is C18H24F3N3O4. The molecule has 0 aliphatic carbocycles. The Bertz CT molecular complexity index is 676. The van der Waals surface area contributed by atoms with E-state index in [0.29, 0.717) is 38.0 Å². The lowest BCUT2D eigenvalue weighted by atomic mass is 9.87. The Morgan fingerprint density at radius 1 is 1.32 bits per heavy atom. The van der Waals surface area contributed by atoms with Gasteiger partial charge in [-0.2, -0.15) is 0 Å². The summed E-state index contributed by atoms with van der Waals surface area (Å²) in [7, 11) is 1.50. The van der Waals surface area contributed by atoms with Crippen molar-refractivity contribution in [2.75, 3.05) is 20.1 Å². The van der Waals surface area contributed by atoms with Crippen molar-refractivity contribution >= 4 is 12.0 Å². The number of halogens is 3. The Balaban J connectivity index is 1.91. The predicted octanol–water partition coefficient (Wildman–Crippen LogP) is 2.57. The van der Waals surface area contributed by atoms with Crippen LogP contribution < -0.4 is 15.4 Å². The summed E-state index contributed by atoms with van der Waals surface area (Å²) in [6, 6.07) is 5.39. The van der Waals surface area contributed by atoms with Crippen LogP contribution in [0.5, 0.6) is 5.75 Å². The van der Waals surface area contributed by atoms with Crippen LogP contribution in [0.15, 0.2) is 24.3 Å². The molecule has 3 N–H and O–H groups in total. The van der Waals surface area contributed by atoms with E-state index in [2.05, 4.69) is 20.3 Å². The fraction of sp³-hybridized carbons (Fsp3) is 0.556. The van der Waals surface area contributed by atoms with Gasteiger partial charge in [-0.25, -0.2) is 4.79 Å². The molecule has 0 bridgehead atoms. The van der Waals surface area contributed by atoms with Crippen molar-refractivity contribution in [1.29, 1.82) is 0 Å². The zero-order chi connectivity index (χ0) is 20.7. The molecule has 7 nitrogen and oxygen atoms in total. The van der Waals surface area contributed by atoms with Crippen LogP contribution in [0.25, 0.3) is 0 Å². The highest BCUT2D eigenvalue weighted by Crippen LogP contribution is 2.26. The second kappa shape index (κ2) is 9.63. The maximum atomic E-state index is 12.3. The van der Waals surface area contributed by atoms with Crippen molar-refractivity contribution in [2.45, 2.75) is 38.2 Å². The molecule has 2 amide bonds. The standard InChI is InChI=1S/C18H24F3N3O4/c1-22-16(25)10-15(23-17(26)27)13-5-7-24(8-6-13)11-12-3-2-4-14(9-12)28-18(19,20)21/h2-4,9,13,15,23H,5-8,10-11H2,1H3,(H,22,25)(H,26,27). The number of carboxylic acid groups (broad SMARTS) is 1. The van der Waals surface area contributed by atoms with E-state index < -0.39 is 18.5 Å². The Morgan fingerprint density at radius 2 is 2.00 bits per heavy atom. The fourth-order valence-corrected chi connectivity index (χ4v) is 3.41. The van der Waals surface area contributed by atoms with Gasteiger partial charge in [0, 0.05) is 26.1 Å². The molecule has 10 heteroatoms. The van der Waals surface area contributed by atoms with Crippen molar-refractivity contribution < 1.29 is 32.6 Å². The lowest BCUT2D eigenvalue weighted by molar-refractivity contribution is -0.274. The van der Waals surface area contributed by atoms with E-state index in [-0.39, 0.29) is 24.0 Å². The van der Waals surface area contributed by atoms with Crippen molar-refractivity contribution in [1.82, 2.24) is 15.5 Å². The number of carbonyl (C=O) groups excluding carboxylic acids is 1. The molecule has 2 rings (SSSR count). The number of piperidine rings is 1. The summed E-state index contributed by atoms with van der Waals surface area (Å²) in [6.07, 6.45) is -4.46. The number of alkyl halides is 3. The molecule has 0 spiro atoms. The number of likely N-dealkylation sites (tertiary alicyclic amines) is 1. The molecule has 0 radical (unpaired) electrons.